The Labute approximate surface area is 108 Å². The van der Waals surface area contributed by atoms with Crippen molar-refractivity contribution >= 4 is 0 Å². The van der Waals surface area contributed by atoms with Crippen LogP contribution in [-0.4, -0.2) is 14.5 Å². The van der Waals surface area contributed by atoms with Gasteiger partial charge in [-0.1, -0.05) is 6.07 Å². The molecule has 0 aliphatic carbocycles. The van der Waals surface area contributed by atoms with Crippen LogP contribution in [0.1, 0.15) is 17.8 Å². The Morgan fingerprint density at radius 3 is 2.79 bits per heavy atom. The topological polar surface area (TPSA) is 30.7 Å². The van der Waals surface area contributed by atoms with E-state index >= 15 is 0 Å². The third-order valence-electron chi connectivity index (χ3n) is 2.89. The van der Waals surface area contributed by atoms with Gasteiger partial charge in [0.25, 0.3) is 6.43 Å². The molecule has 96 valence electrons. The number of alkyl halides is 2. The van der Waals surface area contributed by atoms with Crippen LogP contribution < -0.4 is 0 Å². The average molecular weight is 259 g/mol. The Morgan fingerprint density at radius 1 is 1.16 bits per heavy atom. The summed E-state index contributed by atoms with van der Waals surface area (Å²) < 4.78 is 27.2. The first-order valence-electron chi connectivity index (χ1n) is 5.88. The minimum atomic E-state index is -2.55. The smallest absolute Gasteiger partial charge is 0.280 e. The molecule has 5 heteroatoms. The lowest BCUT2D eigenvalue weighted by atomic mass is 10.2. The van der Waals surface area contributed by atoms with Crippen molar-refractivity contribution in [2.45, 2.75) is 13.0 Å². The molecule has 0 N–H and O–H groups in total. The predicted octanol–water partition coefficient (Wildman–Crippen LogP) is 3.37. The molecule has 19 heavy (non-hydrogen) atoms. The monoisotopic (exact) mass is 259 g/mol. The van der Waals surface area contributed by atoms with Crippen LogP contribution in [0.2, 0.25) is 0 Å². The van der Waals surface area contributed by atoms with Crippen molar-refractivity contribution in [1.82, 2.24) is 14.5 Å². The molecule has 0 aromatic carbocycles. The van der Waals surface area contributed by atoms with E-state index in [1.165, 1.54) is 6.07 Å². The zero-order chi connectivity index (χ0) is 13.2. The fourth-order valence-corrected chi connectivity index (χ4v) is 2.02. The fourth-order valence-electron chi connectivity index (χ4n) is 2.02. The van der Waals surface area contributed by atoms with Crippen molar-refractivity contribution in [2.75, 3.05) is 0 Å². The number of rotatable bonds is 3. The number of hydrogen-bond donors (Lipinski definition) is 0. The van der Waals surface area contributed by atoms with E-state index in [9.17, 15) is 8.78 Å². The number of fused-ring (bicyclic) bond motifs is 1. The predicted molar refractivity (Wildman–Crippen MR) is 67.1 cm³/mol. The first-order valence-corrected chi connectivity index (χ1v) is 5.88. The van der Waals surface area contributed by atoms with Crippen molar-refractivity contribution in [2.24, 2.45) is 0 Å². The Morgan fingerprint density at radius 2 is 2.05 bits per heavy atom. The van der Waals surface area contributed by atoms with Crippen molar-refractivity contribution in [1.29, 1.82) is 0 Å². The molecule has 0 unspecified atom stereocenters. The highest BCUT2D eigenvalue weighted by molar-refractivity contribution is 5.59. The van der Waals surface area contributed by atoms with E-state index in [0.29, 0.717) is 17.9 Å². The maximum atomic E-state index is 12.7. The fraction of sp³-hybridized carbons (Fsp3) is 0.143. The van der Waals surface area contributed by atoms with E-state index in [-0.39, 0.29) is 5.69 Å². The second kappa shape index (κ2) is 4.76. The summed E-state index contributed by atoms with van der Waals surface area (Å²) in [5.41, 5.74) is 1.39. The van der Waals surface area contributed by atoms with E-state index in [0.717, 1.165) is 5.69 Å². The lowest BCUT2D eigenvalue weighted by molar-refractivity contribution is 0.147. The summed E-state index contributed by atoms with van der Waals surface area (Å²) in [6, 6.07) is 10.7. The summed E-state index contributed by atoms with van der Waals surface area (Å²) in [6.07, 6.45) is 0.980. The van der Waals surface area contributed by atoms with Crippen LogP contribution in [-0.2, 0) is 6.54 Å². The third-order valence-corrected chi connectivity index (χ3v) is 2.89. The van der Waals surface area contributed by atoms with Crippen LogP contribution in [0, 0.1) is 0 Å². The largest absolute Gasteiger partial charge is 0.327 e. The zero-order valence-corrected chi connectivity index (χ0v) is 10.0. The van der Waals surface area contributed by atoms with Gasteiger partial charge in [-0.05, 0) is 30.3 Å². The molecule has 2 aliphatic heterocycles. The average Bonchev–Trinajstić information content (AvgIpc) is 2.85. The quantitative estimate of drug-likeness (QED) is 0.722. The van der Waals surface area contributed by atoms with Crippen LogP contribution in [0.3, 0.4) is 0 Å². The van der Waals surface area contributed by atoms with Gasteiger partial charge in [0.05, 0.1) is 12.2 Å². The van der Waals surface area contributed by atoms with Crippen molar-refractivity contribution in [3.63, 3.8) is 0 Å². The normalized spacial score (nSPS) is 11.3. The summed E-state index contributed by atoms with van der Waals surface area (Å²) in [6.45, 7) is 0.512. The van der Waals surface area contributed by atoms with Crippen LogP contribution in [0.25, 0.3) is 11.4 Å². The van der Waals surface area contributed by atoms with Gasteiger partial charge < -0.3 is 4.57 Å². The molecule has 3 nitrogen and oxygen atoms in total. The highest BCUT2D eigenvalue weighted by Crippen LogP contribution is 2.28. The van der Waals surface area contributed by atoms with E-state index < -0.39 is 6.43 Å². The van der Waals surface area contributed by atoms with Gasteiger partial charge in [-0.2, -0.15) is 0 Å². The van der Waals surface area contributed by atoms with Crippen molar-refractivity contribution in [3.8, 4) is 11.4 Å². The molecule has 0 atom stereocenters. The minimum absolute atomic E-state index is 0.184. The zero-order valence-electron chi connectivity index (χ0n) is 10.0. The van der Waals surface area contributed by atoms with Gasteiger partial charge in [-0.3, -0.25) is 4.98 Å². The molecule has 0 spiro atoms. The Kier molecular flexibility index (Phi) is 2.95. The highest BCUT2D eigenvalue weighted by atomic mass is 19.3. The third kappa shape index (κ3) is 2.31. The lowest BCUT2D eigenvalue weighted by Crippen LogP contribution is -2.05. The Hall–Kier alpha value is -2.30. The number of nitrogens with zero attached hydrogens (tertiary/aromatic N) is 3. The van der Waals surface area contributed by atoms with Gasteiger partial charge in [0.15, 0.2) is 0 Å². The maximum absolute atomic E-state index is 12.7. The lowest BCUT2D eigenvalue weighted by Gasteiger charge is -2.10. The summed E-state index contributed by atoms with van der Waals surface area (Å²) in [4.78, 5) is 8.22. The van der Waals surface area contributed by atoms with Gasteiger partial charge in [-0.15, -0.1) is 0 Å². The van der Waals surface area contributed by atoms with Gasteiger partial charge in [0.1, 0.15) is 11.5 Å². The molecule has 0 saturated heterocycles. The molecule has 1 aromatic heterocycles. The number of aromatic nitrogens is 3. The second-order valence-electron chi connectivity index (χ2n) is 4.22. The second-order valence-corrected chi connectivity index (χ2v) is 4.22. The molecular weight excluding hydrogens is 248 g/mol. The molecule has 3 rings (SSSR count). The van der Waals surface area contributed by atoms with E-state index in [1.54, 1.807) is 12.3 Å². The molecule has 0 amide bonds. The highest BCUT2D eigenvalue weighted by Gasteiger charge is 2.17. The van der Waals surface area contributed by atoms with Crippen LogP contribution in [0.5, 0.6) is 0 Å². The van der Waals surface area contributed by atoms with Crippen LogP contribution >= 0.6 is 0 Å². The summed E-state index contributed by atoms with van der Waals surface area (Å²) in [5.74, 6) is 0.559. The molecule has 0 saturated carbocycles. The van der Waals surface area contributed by atoms with Gasteiger partial charge >= 0.3 is 0 Å². The molecule has 0 fully saturated rings. The van der Waals surface area contributed by atoms with Crippen molar-refractivity contribution < 1.29 is 8.78 Å². The van der Waals surface area contributed by atoms with Gasteiger partial charge in [-0.25, -0.2) is 13.8 Å². The SMILES string of the molecule is FC(F)c1cc2cccn(Cc3ccccn3)c-2n1. The van der Waals surface area contributed by atoms with Crippen LogP contribution in [0.15, 0.2) is 48.8 Å². The standard InChI is InChI=1S/C14H11F2N3/c15-13(16)12-8-10-4-3-7-19(14(10)18-12)9-11-5-1-2-6-17-11/h1-8,13H,9H2. The minimum Gasteiger partial charge on any atom is -0.327 e. The van der Waals surface area contributed by atoms with Gasteiger partial charge in [0, 0.05) is 18.0 Å². The molecule has 0 radical (unpaired) electrons. The van der Waals surface area contributed by atoms with Crippen molar-refractivity contribution in [3.05, 3.63) is 60.2 Å². The maximum Gasteiger partial charge on any atom is 0.280 e. The van der Waals surface area contributed by atoms with Gasteiger partial charge in [0.2, 0.25) is 0 Å². The summed E-state index contributed by atoms with van der Waals surface area (Å²) in [5, 5.41) is 0. The Bertz CT molecular complexity index is 649. The van der Waals surface area contributed by atoms with E-state index in [2.05, 4.69) is 9.97 Å². The first-order chi connectivity index (χ1) is 9.24. The van der Waals surface area contributed by atoms with E-state index in [1.807, 2.05) is 35.0 Å². The van der Waals surface area contributed by atoms with Crippen LogP contribution in [0.4, 0.5) is 8.78 Å². The Balaban J connectivity index is 2.00. The molecule has 3 heterocycles. The molecule has 2 aliphatic rings. The number of pyridine rings is 2. The summed E-state index contributed by atoms with van der Waals surface area (Å²) in [7, 11) is 0. The molecular formula is C14H11F2N3. The number of halogens is 2. The van der Waals surface area contributed by atoms with E-state index in [4.69, 9.17) is 0 Å². The number of hydrogen-bond acceptors (Lipinski definition) is 2. The molecule has 0 bridgehead atoms. The summed E-state index contributed by atoms with van der Waals surface area (Å²) >= 11 is 0. The molecule has 1 aromatic rings. The first kappa shape index (κ1) is 11.8.